The number of urea groups is 1. The first-order valence-electron chi connectivity index (χ1n) is 11.6. The first kappa shape index (κ1) is 20.9. The minimum atomic E-state index is -0.483. The summed E-state index contributed by atoms with van der Waals surface area (Å²) in [6, 6.07) is 12.0. The summed E-state index contributed by atoms with van der Waals surface area (Å²) in [4.78, 5) is 27.1. The van der Waals surface area contributed by atoms with Gasteiger partial charge in [0, 0.05) is 38.1 Å². The van der Waals surface area contributed by atoms with E-state index in [1.807, 2.05) is 41.4 Å². The molecule has 1 saturated carbocycles. The molecular formula is C25H31N5O2. The van der Waals surface area contributed by atoms with Gasteiger partial charge in [0.15, 0.2) is 0 Å². The molecule has 1 aromatic carbocycles. The van der Waals surface area contributed by atoms with Crippen molar-refractivity contribution in [3.8, 4) is 5.75 Å². The molecule has 1 atom stereocenters. The number of hydrogen-bond acceptors (Lipinski definition) is 5. The molecule has 2 amide bonds. The fourth-order valence-corrected chi connectivity index (χ4v) is 5.36. The van der Waals surface area contributed by atoms with E-state index in [0.717, 1.165) is 56.2 Å². The standard InChI is InChI=1S/C25H31N5O2/c1-32-22-11-5-10-21(15-22)30-24(31)28-23(27-20-8-3-2-4-9-20)25(30)12-14-29(18-25)17-19-7-6-13-26-16-19/h5-7,10-11,13,15-16,20H,2-4,8-9,12,14,17-18H2,1H3,(H,27,28,31). The second kappa shape index (κ2) is 8.90. The number of amidine groups is 1. The summed E-state index contributed by atoms with van der Waals surface area (Å²) in [7, 11) is 1.65. The summed E-state index contributed by atoms with van der Waals surface area (Å²) >= 11 is 0. The van der Waals surface area contributed by atoms with Crippen LogP contribution in [-0.4, -0.2) is 53.5 Å². The van der Waals surface area contributed by atoms with Crippen molar-refractivity contribution in [2.45, 2.75) is 56.7 Å². The summed E-state index contributed by atoms with van der Waals surface area (Å²) < 4.78 is 5.44. The molecule has 7 heteroatoms. The summed E-state index contributed by atoms with van der Waals surface area (Å²) in [5, 5.41) is 3.16. The molecule has 3 aliphatic rings. The average molecular weight is 434 g/mol. The van der Waals surface area contributed by atoms with Gasteiger partial charge in [-0.05, 0) is 43.0 Å². The number of aliphatic imine (C=N–C) groups is 1. The number of amides is 2. The average Bonchev–Trinajstić information content (AvgIpc) is 3.35. The van der Waals surface area contributed by atoms with Crippen molar-refractivity contribution >= 4 is 17.6 Å². The first-order valence-corrected chi connectivity index (χ1v) is 11.6. The number of nitrogens with one attached hydrogen (secondary N) is 1. The molecule has 3 fully saturated rings. The number of carbonyl (C=O) groups is 1. The highest BCUT2D eigenvalue weighted by Crippen LogP contribution is 2.39. The van der Waals surface area contributed by atoms with Crippen LogP contribution in [0.25, 0.3) is 0 Å². The lowest BCUT2D eigenvalue weighted by molar-refractivity contribution is 0.250. The maximum absolute atomic E-state index is 13.3. The maximum atomic E-state index is 13.3. The van der Waals surface area contributed by atoms with Gasteiger partial charge in [-0.2, -0.15) is 0 Å². The lowest BCUT2D eigenvalue weighted by atomic mass is 9.93. The molecule has 2 aliphatic heterocycles. The maximum Gasteiger partial charge on any atom is 0.328 e. The summed E-state index contributed by atoms with van der Waals surface area (Å²) in [5.74, 6) is 1.58. The molecule has 0 radical (unpaired) electrons. The number of methoxy groups -OCH3 is 1. The Labute approximate surface area is 189 Å². The van der Waals surface area contributed by atoms with Crippen molar-refractivity contribution in [3.05, 3.63) is 54.4 Å². The number of aromatic nitrogens is 1. The SMILES string of the molecule is COc1cccc(N2C(=O)NC(=NC3CCCCC3)C23CCN(Cc2cccnc2)C3)c1. The topological polar surface area (TPSA) is 70.1 Å². The number of pyridine rings is 1. The van der Waals surface area contributed by atoms with Crippen LogP contribution in [0.4, 0.5) is 10.5 Å². The molecule has 3 heterocycles. The van der Waals surface area contributed by atoms with E-state index in [2.05, 4.69) is 21.3 Å². The van der Waals surface area contributed by atoms with Gasteiger partial charge in [-0.15, -0.1) is 0 Å². The zero-order valence-corrected chi connectivity index (χ0v) is 18.7. The quantitative estimate of drug-likeness (QED) is 0.774. The van der Waals surface area contributed by atoms with Gasteiger partial charge in [-0.3, -0.25) is 25.1 Å². The van der Waals surface area contributed by atoms with Crippen LogP contribution in [0.15, 0.2) is 53.8 Å². The third kappa shape index (κ3) is 3.97. The lowest BCUT2D eigenvalue weighted by Gasteiger charge is -2.34. The van der Waals surface area contributed by atoms with Crippen LogP contribution in [0.2, 0.25) is 0 Å². The molecule has 168 valence electrons. The third-order valence-electron chi connectivity index (χ3n) is 6.95. The molecular weight excluding hydrogens is 402 g/mol. The van der Waals surface area contributed by atoms with Crippen LogP contribution in [-0.2, 0) is 6.54 Å². The summed E-state index contributed by atoms with van der Waals surface area (Å²) in [6.07, 6.45) is 10.5. The highest BCUT2D eigenvalue weighted by Gasteiger charge is 2.55. The number of likely N-dealkylation sites (tertiary alicyclic amines) is 1. The van der Waals surface area contributed by atoms with Crippen LogP contribution in [0.3, 0.4) is 0 Å². The number of hydrogen-bond donors (Lipinski definition) is 1. The number of nitrogens with zero attached hydrogens (tertiary/aromatic N) is 4. The Morgan fingerprint density at radius 3 is 2.88 bits per heavy atom. The van der Waals surface area contributed by atoms with Gasteiger partial charge in [0.1, 0.15) is 17.1 Å². The molecule has 1 aliphatic carbocycles. The highest BCUT2D eigenvalue weighted by molar-refractivity contribution is 6.19. The van der Waals surface area contributed by atoms with Gasteiger partial charge < -0.3 is 4.74 Å². The van der Waals surface area contributed by atoms with E-state index in [9.17, 15) is 4.79 Å². The number of anilines is 1. The molecule has 2 aromatic rings. The van der Waals surface area contributed by atoms with Crippen molar-refractivity contribution in [1.29, 1.82) is 0 Å². The third-order valence-corrected chi connectivity index (χ3v) is 6.95. The Kier molecular flexibility index (Phi) is 5.83. The number of rotatable bonds is 5. The molecule has 1 unspecified atom stereocenters. The number of ether oxygens (including phenoxy) is 1. The van der Waals surface area contributed by atoms with Crippen molar-refractivity contribution < 1.29 is 9.53 Å². The van der Waals surface area contributed by atoms with Crippen LogP contribution >= 0.6 is 0 Å². The molecule has 0 bridgehead atoms. The molecule has 7 nitrogen and oxygen atoms in total. The second-order valence-corrected chi connectivity index (χ2v) is 9.09. The normalized spacial score (nSPS) is 25.6. The summed E-state index contributed by atoms with van der Waals surface area (Å²) in [6.45, 7) is 2.45. The zero-order valence-electron chi connectivity index (χ0n) is 18.7. The molecule has 1 aromatic heterocycles. The van der Waals surface area contributed by atoms with Gasteiger partial charge >= 0.3 is 6.03 Å². The monoisotopic (exact) mass is 433 g/mol. The highest BCUT2D eigenvalue weighted by atomic mass is 16.5. The smallest absolute Gasteiger partial charge is 0.328 e. The fraction of sp³-hybridized carbons (Fsp3) is 0.480. The minimum absolute atomic E-state index is 0.101. The van der Waals surface area contributed by atoms with E-state index in [0.29, 0.717) is 6.04 Å². The van der Waals surface area contributed by atoms with Gasteiger partial charge in [0.25, 0.3) is 0 Å². The fourth-order valence-electron chi connectivity index (χ4n) is 5.36. The van der Waals surface area contributed by atoms with E-state index < -0.39 is 5.54 Å². The lowest BCUT2D eigenvalue weighted by Crippen LogP contribution is -2.52. The van der Waals surface area contributed by atoms with E-state index in [1.165, 1.54) is 24.8 Å². The van der Waals surface area contributed by atoms with Crippen molar-refractivity contribution in [1.82, 2.24) is 15.2 Å². The Hall–Kier alpha value is -2.93. The van der Waals surface area contributed by atoms with Crippen molar-refractivity contribution in [2.24, 2.45) is 4.99 Å². The predicted octanol–water partition coefficient (Wildman–Crippen LogP) is 4.00. The van der Waals surface area contributed by atoms with E-state index in [4.69, 9.17) is 9.73 Å². The Morgan fingerprint density at radius 2 is 2.09 bits per heavy atom. The van der Waals surface area contributed by atoms with Crippen molar-refractivity contribution in [3.63, 3.8) is 0 Å². The molecule has 2 saturated heterocycles. The van der Waals surface area contributed by atoms with Gasteiger partial charge in [-0.25, -0.2) is 4.79 Å². The van der Waals surface area contributed by atoms with E-state index in [-0.39, 0.29) is 6.03 Å². The molecule has 5 rings (SSSR count). The number of carbonyl (C=O) groups excluding carboxylic acids is 1. The van der Waals surface area contributed by atoms with Crippen molar-refractivity contribution in [2.75, 3.05) is 25.1 Å². The molecule has 32 heavy (non-hydrogen) atoms. The minimum Gasteiger partial charge on any atom is -0.497 e. The van der Waals surface area contributed by atoms with Crippen LogP contribution in [0.5, 0.6) is 5.75 Å². The summed E-state index contributed by atoms with van der Waals surface area (Å²) in [5.41, 5.74) is 1.54. The zero-order chi connectivity index (χ0) is 22.0. The first-order chi connectivity index (χ1) is 15.7. The van der Waals surface area contributed by atoms with Crippen LogP contribution in [0.1, 0.15) is 44.1 Å². The largest absolute Gasteiger partial charge is 0.497 e. The van der Waals surface area contributed by atoms with Crippen LogP contribution < -0.4 is 15.0 Å². The van der Waals surface area contributed by atoms with Gasteiger partial charge in [0.2, 0.25) is 0 Å². The Bertz CT molecular complexity index is 989. The van der Waals surface area contributed by atoms with Gasteiger partial charge in [0.05, 0.1) is 18.8 Å². The Balaban J connectivity index is 1.49. The second-order valence-electron chi connectivity index (χ2n) is 9.09. The van der Waals surface area contributed by atoms with E-state index in [1.54, 1.807) is 13.3 Å². The predicted molar refractivity (Wildman–Crippen MR) is 125 cm³/mol. The number of benzene rings is 1. The van der Waals surface area contributed by atoms with E-state index >= 15 is 0 Å². The molecule has 1 spiro atoms. The van der Waals surface area contributed by atoms with Gasteiger partial charge in [-0.1, -0.05) is 31.4 Å². The Morgan fingerprint density at radius 1 is 1.22 bits per heavy atom. The van der Waals surface area contributed by atoms with Crippen LogP contribution in [0, 0.1) is 0 Å². The molecule has 1 N–H and O–H groups in total.